The lowest BCUT2D eigenvalue weighted by Gasteiger charge is -2.32. The number of hydrogen-bond donors (Lipinski definition) is 0. The van der Waals surface area contributed by atoms with E-state index in [2.05, 4.69) is 6.07 Å². The molecule has 198 valence electrons. The third kappa shape index (κ3) is 6.86. The number of esters is 1. The van der Waals surface area contributed by atoms with E-state index in [1.807, 2.05) is 70.2 Å². The predicted octanol–water partition coefficient (Wildman–Crippen LogP) is 7.06. The first-order chi connectivity index (χ1) is 18.2. The first kappa shape index (κ1) is 28.6. The third-order valence-electron chi connectivity index (χ3n) is 6.61. The van der Waals surface area contributed by atoms with Crippen molar-refractivity contribution >= 4 is 11.9 Å². The van der Waals surface area contributed by atoms with Gasteiger partial charge in [0, 0.05) is 18.5 Å². The van der Waals surface area contributed by atoms with Gasteiger partial charge in [-0.05, 0) is 71.3 Å². The molecule has 0 radical (unpaired) electrons. The zero-order valence-corrected chi connectivity index (χ0v) is 22.8. The Morgan fingerprint density at radius 2 is 1.68 bits per heavy atom. The van der Waals surface area contributed by atoms with Crippen molar-refractivity contribution in [3.05, 3.63) is 83.2 Å². The van der Waals surface area contributed by atoms with Crippen molar-refractivity contribution < 1.29 is 18.7 Å². The van der Waals surface area contributed by atoms with E-state index >= 15 is 0 Å². The lowest BCUT2D eigenvalue weighted by atomic mass is 9.94. The van der Waals surface area contributed by atoms with Gasteiger partial charge in [0.2, 0.25) is 5.91 Å². The number of rotatable bonds is 10. The van der Waals surface area contributed by atoms with Crippen LogP contribution >= 0.6 is 0 Å². The zero-order valence-electron chi connectivity index (χ0n) is 22.8. The van der Waals surface area contributed by atoms with Crippen LogP contribution in [0.1, 0.15) is 56.7 Å². The molecule has 0 N–H and O–H groups in total. The number of hydrogen-bond acceptors (Lipinski definition) is 4. The lowest BCUT2D eigenvalue weighted by molar-refractivity contribution is -0.155. The molecule has 0 heterocycles. The number of carbonyl (C=O) groups is 2. The van der Waals surface area contributed by atoms with Crippen LogP contribution in [0, 0.1) is 30.0 Å². The van der Waals surface area contributed by atoms with E-state index < -0.39 is 12.0 Å². The molecule has 3 rings (SSSR count). The van der Waals surface area contributed by atoms with Crippen LogP contribution in [0.25, 0.3) is 22.3 Å². The van der Waals surface area contributed by atoms with Crippen molar-refractivity contribution in [2.75, 3.05) is 7.11 Å². The molecule has 0 unspecified atom stereocenters. The van der Waals surface area contributed by atoms with Gasteiger partial charge in [0.1, 0.15) is 11.9 Å². The molecule has 0 saturated heterocycles. The van der Waals surface area contributed by atoms with Crippen LogP contribution < -0.4 is 0 Å². The molecule has 0 aromatic heterocycles. The molecule has 0 fully saturated rings. The summed E-state index contributed by atoms with van der Waals surface area (Å²) in [6.45, 7) is 7.95. The van der Waals surface area contributed by atoms with E-state index in [4.69, 9.17) is 4.74 Å². The number of amides is 1. The van der Waals surface area contributed by atoms with Crippen molar-refractivity contribution in [2.24, 2.45) is 5.92 Å². The molecular weight excluding hydrogens is 479 g/mol. The first-order valence-corrected chi connectivity index (χ1v) is 13.0. The normalized spacial score (nSPS) is 11.6. The molecule has 3 aromatic rings. The van der Waals surface area contributed by atoms with Crippen LogP contribution in [0.5, 0.6) is 0 Å². The summed E-state index contributed by atoms with van der Waals surface area (Å²) in [5.41, 5.74) is 5.33. The van der Waals surface area contributed by atoms with Crippen LogP contribution in [0.4, 0.5) is 4.39 Å². The van der Waals surface area contributed by atoms with E-state index in [0.717, 1.165) is 46.2 Å². The maximum atomic E-state index is 14.0. The van der Waals surface area contributed by atoms with Gasteiger partial charge in [-0.15, -0.1) is 0 Å². The fourth-order valence-corrected chi connectivity index (χ4v) is 4.64. The van der Waals surface area contributed by atoms with Gasteiger partial charge < -0.3 is 9.64 Å². The Kier molecular flexibility index (Phi) is 9.78. The van der Waals surface area contributed by atoms with Gasteiger partial charge in [-0.2, -0.15) is 5.26 Å². The molecule has 0 spiro atoms. The molecular formula is C32H35FN2O3. The molecule has 0 aliphatic rings. The smallest absolute Gasteiger partial charge is 0.328 e. The average molecular weight is 515 g/mol. The summed E-state index contributed by atoms with van der Waals surface area (Å²) < 4.78 is 19.1. The summed E-state index contributed by atoms with van der Waals surface area (Å²) in [5.74, 6) is -0.922. The molecule has 0 bridgehead atoms. The highest BCUT2D eigenvalue weighted by Gasteiger charge is 2.33. The largest absolute Gasteiger partial charge is 0.467 e. The summed E-state index contributed by atoms with van der Waals surface area (Å²) in [5, 5.41) is 9.73. The Morgan fingerprint density at radius 3 is 2.26 bits per heavy atom. The first-order valence-electron chi connectivity index (χ1n) is 13.0. The minimum absolute atomic E-state index is 0.0788. The SMILES string of the molecule is CCCCC(=O)N(Cc1ccc(-c2cc(-c3cc(C)cc(F)c3)ccc2C#N)cc1)[C@H](C(=O)OC)C(C)C. The fraction of sp³-hybridized carbons (Fsp3) is 0.344. The van der Waals surface area contributed by atoms with Gasteiger partial charge in [-0.25, -0.2) is 9.18 Å². The second-order valence-corrected chi connectivity index (χ2v) is 9.92. The minimum atomic E-state index is -0.680. The second kappa shape index (κ2) is 13.0. The molecule has 0 aliphatic carbocycles. The Labute approximate surface area is 224 Å². The summed E-state index contributed by atoms with van der Waals surface area (Å²) >= 11 is 0. The van der Waals surface area contributed by atoms with Crippen molar-refractivity contribution in [2.45, 2.75) is 59.5 Å². The van der Waals surface area contributed by atoms with Crippen LogP contribution in [0.3, 0.4) is 0 Å². The summed E-state index contributed by atoms with van der Waals surface area (Å²) in [6, 6.07) is 19.5. The number of nitriles is 1. The molecule has 1 atom stereocenters. The molecule has 6 heteroatoms. The molecule has 3 aromatic carbocycles. The van der Waals surface area contributed by atoms with Gasteiger partial charge in [-0.1, -0.05) is 63.6 Å². The Bertz CT molecular complexity index is 1310. The number of aryl methyl sites for hydroxylation is 1. The number of halogens is 1. The Hall–Kier alpha value is -3.98. The average Bonchev–Trinajstić information content (AvgIpc) is 2.90. The molecule has 0 saturated carbocycles. The maximum absolute atomic E-state index is 14.0. The number of methoxy groups -OCH3 is 1. The zero-order chi connectivity index (χ0) is 27.8. The van der Waals surface area contributed by atoms with Crippen molar-refractivity contribution in [1.29, 1.82) is 5.26 Å². The number of carbonyl (C=O) groups excluding carboxylic acids is 2. The van der Waals surface area contributed by atoms with Gasteiger partial charge in [0.25, 0.3) is 0 Å². The van der Waals surface area contributed by atoms with E-state index in [9.17, 15) is 19.2 Å². The number of benzene rings is 3. The summed E-state index contributed by atoms with van der Waals surface area (Å²) in [7, 11) is 1.34. The molecule has 0 aliphatic heterocycles. The monoisotopic (exact) mass is 514 g/mol. The fourth-order valence-electron chi connectivity index (χ4n) is 4.64. The van der Waals surface area contributed by atoms with Gasteiger partial charge in [0.05, 0.1) is 18.7 Å². The highest BCUT2D eigenvalue weighted by Crippen LogP contribution is 2.31. The standard InChI is InChI=1S/C32H35FN2O3/c1-6-7-8-30(36)35(31(21(2)3)32(37)38-5)20-23-9-11-24(12-10-23)29-18-25(13-14-26(29)19-34)27-15-22(4)16-28(33)17-27/h9-18,21,31H,6-8,20H2,1-5H3/t31-/m0/s1. The van der Waals surface area contributed by atoms with Crippen LogP contribution in [-0.4, -0.2) is 29.9 Å². The number of ether oxygens (including phenoxy) is 1. The van der Waals surface area contributed by atoms with Crippen molar-refractivity contribution in [3.63, 3.8) is 0 Å². The lowest BCUT2D eigenvalue weighted by Crippen LogP contribution is -2.48. The van der Waals surface area contributed by atoms with Crippen LogP contribution in [0.15, 0.2) is 60.7 Å². The molecule has 1 amide bonds. The molecule has 5 nitrogen and oxygen atoms in total. The van der Waals surface area contributed by atoms with Gasteiger partial charge in [0.15, 0.2) is 0 Å². The maximum Gasteiger partial charge on any atom is 0.328 e. The highest BCUT2D eigenvalue weighted by atomic mass is 19.1. The number of unbranched alkanes of at least 4 members (excludes halogenated alkanes) is 1. The highest BCUT2D eigenvalue weighted by molar-refractivity contribution is 5.85. The van der Waals surface area contributed by atoms with Gasteiger partial charge >= 0.3 is 5.97 Å². The van der Waals surface area contributed by atoms with Crippen molar-refractivity contribution in [1.82, 2.24) is 4.90 Å². The summed E-state index contributed by atoms with van der Waals surface area (Å²) in [4.78, 5) is 27.3. The Balaban J connectivity index is 1.95. The van der Waals surface area contributed by atoms with Crippen LogP contribution in [-0.2, 0) is 20.9 Å². The van der Waals surface area contributed by atoms with E-state index in [1.54, 1.807) is 11.0 Å². The Morgan fingerprint density at radius 1 is 1.00 bits per heavy atom. The van der Waals surface area contributed by atoms with E-state index in [0.29, 0.717) is 12.0 Å². The predicted molar refractivity (Wildman–Crippen MR) is 147 cm³/mol. The minimum Gasteiger partial charge on any atom is -0.467 e. The number of nitrogens with zero attached hydrogens (tertiary/aromatic N) is 2. The third-order valence-corrected chi connectivity index (χ3v) is 6.61. The topological polar surface area (TPSA) is 70.4 Å². The van der Waals surface area contributed by atoms with E-state index in [1.165, 1.54) is 19.2 Å². The van der Waals surface area contributed by atoms with Gasteiger partial charge in [-0.3, -0.25) is 4.79 Å². The summed E-state index contributed by atoms with van der Waals surface area (Å²) in [6.07, 6.45) is 2.00. The second-order valence-electron chi connectivity index (χ2n) is 9.92. The molecule has 38 heavy (non-hydrogen) atoms. The van der Waals surface area contributed by atoms with Crippen molar-refractivity contribution in [3.8, 4) is 28.3 Å². The van der Waals surface area contributed by atoms with E-state index in [-0.39, 0.29) is 24.2 Å². The van der Waals surface area contributed by atoms with Crippen LogP contribution in [0.2, 0.25) is 0 Å². The quantitative estimate of drug-likeness (QED) is 0.272.